The van der Waals surface area contributed by atoms with E-state index in [2.05, 4.69) is 15.0 Å². The number of carbonyl (C=O) groups excluding carboxylic acids is 1. The molecule has 5 heteroatoms. The van der Waals surface area contributed by atoms with E-state index in [0.717, 1.165) is 0 Å². The van der Waals surface area contributed by atoms with E-state index in [1.807, 2.05) is 6.92 Å². The van der Waals surface area contributed by atoms with Crippen LogP contribution in [-0.2, 0) is 4.79 Å². The van der Waals surface area contributed by atoms with Gasteiger partial charge in [-0.05, 0) is 13.3 Å². The molecule has 0 spiro atoms. The molecule has 0 radical (unpaired) electrons. The van der Waals surface area contributed by atoms with E-state index in [1.54, 1.807) is 6.92 Å². The number of rotatable bonds is 3. The topological polar surface area (TPSA) is 81.2 Å². The maximum absolute atomic E-state index is 11.5. The fraction of sp³-hybridized carbons (Fsp3) is 0.500. The van der Waals surface area contributed by atoms with Gasteiger partial charge in [-0.1, -0.05) is 12.1 Å². The van der Waals surface area contributed by atoms with Crippen LogP contribution in [0.15, 0.2) is 17.0 Å². The van der Waals surface area contributed by atoms with Gasteiger partial charge in [0, 0.05) is 0 Å². The summed E-state index contributed by atoms with van der Waals surface area (Å²) in [7, 11) is 0. The third-order valence-electron chi connectivity index (χ3n) is 1.94. The molecule has 1 aromatic rings. The normalized spacial score (nSPS) is 15.0. The Morgan fingerprint density at radius 2 is 2.54 bits per heavy atom. The van der Waals surface area contributed by atoms with Gasteiger partial charge in [-0.2, -0.15) is 0 Å². The van der Waals surface area contributed by atoms with Crippen molar-refractivity contribution < 1.29 is 9.32 Å². The number of nitrogens with one attached hydrogen (secondary N) is 1. The second kappa shape index (κ2) is 3.57. The van der Waals surface area contributed by atoms with E-state index in [1.165, 1.54) is 12.5 Å². The lowest BCUT2D eigenvalue weighted by molar-refractivity contribution is -0.120. The van der Waals surface area contributed by atoms with E-state index >= 15 is 0 Å². The maximum Gasteiger partial charge on any atom is 0.244 e. The van der Waals surface area contributed by atoms with Crippen LogP contribution in [0.3, 0.4) is 0 Å². The molecule has 0 fully saturated rings. The zero-order valence-electron chi connectivity index (χ0n) is 7.70. The van der Waals surface area contributed by atoms with Crippen LogP contribution in [0.1, 0.15) is 20.3 Å². The van der Waals surface area contributed by atoms with Crippen molar-refractivity contribution in [1.29, 1.82) is 0 Å². The van der Waals surface area contributed by atoms with Gasteiger partial charge in [-0.3, -0.25) is 4.79 Å². The first kappa shape index (κ1) is 9.73. The van der Waals surface area contributed by atoms with Gasteiger partial charge in [-0.15, -0.1) is 0 Å². The van der Waals surface area contributed by atoms with Gasteiger partial charge in [0.15, 0.2) is 0 Å². The summed E-state index contributed by atoms with van der Waals surface area (Å²) in [5, 5.41) is 6.05. The molecule has 1 unspecified atom stereocenters. The Labute approximate surface area is 76.3 Å². The first-order chi connectivity index (χ1) is 6.06. The number of nitrogens with zero attached hydrogens (tertiary/aromatic N) is 1. The first-order valence-corrected chi connectivity index (χ1v) is 4.06. The van der Waals surface area contributed by atoms with Crippen molar-refractivity contribution in [2.75, 3.05) is 5.32 Å². The molecule has 1 amide bonds. The molecule has 0 saturated carbocycles. The van der Waals surface area contributed by atoms with Crippen molar-refractivity contribution in [2.45, 2.75) is 25.8 Å². The van der Waals surface area contributed by atoms with E-state index in [4.69, 9.17) is 5.73 Å². The molecule has 0 saturated heterocycles. The SMILES string of the molecule is CCC(C)(N)C(=O)Nc1cnoc1. The number of hydrogen-bond donors (Lipinski definition) is 2. The Balaban J connectivity index is 2.61. The summed E-state index contributed by atoms with van der Waals surface area (Å²) in [6.45, 7) is 3.53. The summed E-state index contributed by atoms with van der Waals surface area (Å²) in [6.07, 6.45) is 3.34. The van der Waals surface area contributed by atoms with Crippen molar-refractivity contribution in [3.63, 3.8) is 0 Å². The summed E-state index contributed by atoms with van der Waals surface area (Å²) in [5.41, 5.74) is 5.39. The van der Waals surface area contributed by atoms with Crippen LogP contribution in [0.2, 0.25) is 0 Å². The molecule has 0 aromatic carbocycles. The molecule has 1 aromatic heterocycles. The largest absolute Gasteiger partial charge is 0.363 e. The smallest absolute Gasteiger partial charge is 0.244 e. The molecular weight excluding hydrogens is 170 g/mol. The van der Waals surface area contributed by atoms with Crippen LogP contribution in [0.5, 0.6) is 0 Å². The molecule has 0 aliphatic heterocycles. The van der Waals surface area contributed by atoms with Crippen molar-refractivity contribution in [3.05, 3.63) is 12.5 Å². The third-order valence-corrected chi connectivity index (χ3v) is 1.94. The number of carbonyl (C=O) groups is 1. The average Bonchev–Trinajstić information content (AvgIpc) is 2.57. The maximum atomic E-state index is 11.5. The minimum Gasteiger partial charge on any atom is -0.363 e. The molecule has 72 valence electrons. The second-order valence-corrected chi connectivity index (χ2v) is 3.14. The fourth-order valence-electron chi connectivity index (χ4n) is 0.701. The molecule has 0 aliphatic carbocycles. The number of hydrogen-bond acceptors (Lipinski definition) is 4. The third kappa shape index (κ3) is 2.29. The van der Waals surface area contributed by atoms with Crippen LogP contribution in [0.25, 0.3) is 0 Å². The number of nitrogens with two attached hydrogens (primary N) is 1. The van der Waals surface area contributed by atoms with Crippen LogP contribution in [-0.4, -0.2) is 16.6 Å². The van der Waals surface area contributed by atoms with Crippen molar-refractivity contribution in [2.24, 2.45) is 5.73 Å². The van der Waals surface area contributed by atoms with Crippen LogP contribution < -0.4 is 11.1 Å². The average molecular weight is 183 g/mol. The Morgan fingerprint density at radius 3 is 3.00 bits per heavy atom. The van der Waals surface area contributed by atoms with Gasteiger partial charge in [0.25, 0.3) is 0 Å². The summed E-state index contributed by atoms with van der Waals surface area (Å²) < 4.78 is 4.56. The quantitative estimate of drug-likeness (QED) is 0.724. The van der Waals surface area contributed by atoms with Gasteiger partial charge >= 0.3 is 0 Å². The highest BCUT2D eigenvalue weighted by atomic mass is 16.5. The minimum absolute atomic E-state index is 0.238. The van der Waals surface area contributed by atoms with Crippen LogP contribution in [0, 0.1) is 0 Å². The molecule has 1 rings (SSSR count). The van der Waals surface area contributed by atoms with Crippen LogP contribution >= 0.6 is 0 Å². The van der Waals surface area contributed by atoms with Crippen molar-refractivity contribution in [1.82, 2.24) is 5.16 Å². The van der Waals surface area contributed by atoms with Gasteiger partial charge in [0.05, 0.1) is 11.7 Å². The highest BCUT2D eigenvalue weighted by Crippen LogP contribution is 2.10. The molecule has 3 N–H and O–H groups in total. The summed E-state index contributed by atoms with van der Waals surface area (Å²) in [5.74, 6) is -0.238. The first-order valence-electron chi connectivity index (χ1n) is 4.06. The summed E-state index contributed by atoms with van der Waals surface area (Å²) in [6, 6.07) is 0. The minimum atomic E-state index is -0.850. The van der Waals surface area contributed by atoms with Gasteiger partial charge in [0.1, 0.15) is 12.0 Å². The Kier molecular flexibility index (Phi) is 2.67. The highest BCUT2D eigenvalue weighted by molar-refractivity contribution is 5.97. The lowest BCUT2D eigenvalue weighted by atomic mass is 10.00. The van der Waals surface area contributed by atoms with E-state index < -0.39 is 5.54 Å². The molecule has 0 bridgehead atoms. The van der Waals surface area contributed by atoms with Gasteiger partial charge in [-0.25, -0.2) is 0 Å². The Bertz CT molecular complexity index is 280. The predicted molar refractivity (Wildman–Crippen MR) is 48.0 cm³/mol. The molecule has 1 heterocycles. The molecular formula is C8H13N3O2. The van der Waals surface area contributed by atoms with Gasteiger partial charge < -0.3 is 15.6 Å². The molecule has 0 aliphatic rings. The zero-order valence-corrected chi connectivity index (χ0v) is 7.70. The predicted octanol–water partition coefficient (Wildman–Crippen LogP) is 0.740. The Hall–Kier alpha value is -1.36. The molecule has 1 atom stereocenters. The zero-order chi connectivity index (χ0) is 9.90. The monoisotopic (exact) mass is 183 g/mol. The summed E-state index contributed by atoms with van der Waals surface area (Å²) >= 11 is 0. The summed E-state index contributed by atoms with van der Waals surface area (Å²) in [4.78, 5) is 11.5. The molecule has 13 heavy (non-hydrogen) atoms. The van der Waals surface area contributed by atoms with Crippen molar-refractivity contribution >= 4 is 11.6 Å². The van der Waals surface area contributed by atoms with Gasteiger partial charge in [0.2, 0.25) is 5.91 Å². The molecule has 5 nitrogen and oxygen atoms in total. The van der Waals surface area contributed by atoms with Crippen molar-refractivity contribution in [3.8, 4) is 0 Å². The fourth-order valence-corrected chi connectivity index (χ4v) is 0.701. The lowest BCUT2D eigenvalue weighted by Crippen LogP contribution is -2.47. The van der Waals surface area contributed by atoms with E-state index in [0.29, 0.717) is 12.1 Å². The number of anilines is 1. The Morgan fingerprint density at radius 1 is 1.85 bits per heavy atom. The van der Waals surface area contributed by atoms with Crippen LogP contribution in [0.4, 0.5) is 5.69 Å². The number of aromatic nitrogens is 1. The lowest BCUT2D eigenvalue weighted by Gasteiger charge is -2.20. The standard InChI is InChI=1S/C8H13N3O2/c1-3-8(2,9)7(12)11-6-4-10-13-5-6/h4-5H,3,9H2,1-2H3,(H,11,12). The highest BCUT2D eigenvalue weighted by Gasteiger charge is 2.26. The van der Waals surface area contributed by atoms with E-state index in [-0.39, 0.29) is 5.91 Å². The number of amides is 1. The second-order valence-electron chi connectivity index (χ2n) is 3.14. The van der Waals surface area contributed by atoms with E-state index in [9.17, 15) is 4.79 Å².